The molecule has 120 valence electrons. The normalized spacial score (nSPS) is 11.6. The molecule has 1 unspecified atom stereocenters. The Hall–Kier alpha value is -2.41. The summed E-state index contributed by atoms with van der Waals surface area (Å²) in [6.07, 6.45) is -1.11. The number of ether oxygens (including phenoxy) is 1. The number of carboxylic acid groups (broad SMARTS) is 1. The van der Waals surface area contributed by atoms with E-state index >= 15 is 0 Å². The summed E-state index contributed by atoms with van der Waals surface area (Å²) >= 11 is 0. The summed E-state index contributed by atoms with van der Waals surface area (Å²) in [6.45, 7) is 3.45. The third kappa shape index (κ3) is 5.17. The Bertz CT molecular complexity index is 571. The zero-order valence-corrected chi connectivity index (χ0v) is 12.8. The molecule has 22 heavy (non-hydrogen) atoms. The second-order valence-corrected chi connectivity index (χ2v) is 4.85. The molecule has 0 fully saturated rings. The largest absolute Gasteiger partial charge is 0.479 e. The molecule has 1 rings (SSSR count). The van der Waals surface area contributed by atoms with Crippen LogP contribution in [0.5, 0.6) is 0 Å². The number of carbonyl (C=O) groups is 3. The van der Waals surface area contributed by atoms with Crippen LogP contribution in [0, 0.1) is 13.8 Å². The topological polar surface area (TPSA) is 105 Å². The Kier molecular flexibility index (Phi) is 6.52. The van der Waals surface area contributed by atoms with Crippen molar-refractivity contribution in [2.24, 2.45) is 0 Å². The third-order valence-electron chi connectivity index (χ3n) is 3.22. The van der Waals surface area contributed by atoms with Gasteiger partial charge in [-0.2, -0.15) is 0 Å². The minimum absolute atomic E-state index is 0.163. The molecule has 0 saturated carbocycles. The Morgan fingerprint density at radius 2 is 1.86 bits per heavy atom. The lowest BCUT2D eigenvalue weighted by molar-refractivity contribution is -0.148. The van der Waals surface area contributed by atoms with Crippen LogP contribution in [0.3, 0.4) is 0 Å². The highest BCUT2D eigenvalue weighted by Crippen LogP contribution is 2.09. The minimum atomic E-state index is -1.16. The first-order valence-corrected chi connectivity index (χ1v) is 6.73. The van der Waals surface area contributed by atoms with Gasteiger partial charge in [0.05, 0.1) is 13.1 Å². The maximum Gasteiger partial charge on any atom is 0.334 e. The van der Waals surface area contributed by atoms with Crippen LogP contribution < -0.4 is 10.6 Å². The van der Waals surface area contributed by atoms with Crippen LogP contribution in [-0.2, 0) is 14.3 Å². The molecular formula is C15H20N2O5. The van der Waals surface area contributed by atoms with E-state index in [1.54, 1.807) is 12.1 Å². The van der Waals surface area contributed by atoms with Gasteiger partial charge in [-0.25, -0.2) is 4.79 Å². The van der Waals surface area contributed by atoms with Gasteiger partial charge in [0, 0.05) is 12.7 Å². The molecule has 3 N–H and O–H groups in total. The fourth-order valence-electron chi connectivity index (χ4n) is 1.69. The summed E-state index contributed by atoms with van der Waals surface area (Å²) in [6, 6.07) is 5.26. The lowest BCUT2D eigenvalue weighted by atomic mass is 10.1. The van der Waals surface area contributed by atoms with Gasteiger partial charge in [0.2, 0.25) is 5.91 Å². The first-order chi connectivity index (χ1) is 10.3. The predicted molar refractivity (Wildman–Crippen MR) is 79.7 cm³/mol. The Balaban J connectivity index is 2.45. The van der Waals surface area contributed by atoms with Crippen molar-refractivity contribution in [3.63, 3.8) is 0 Å². The second kappa shape index (κ2) is 8.14. The van der Waals surface area contributed by atoms with Crippen LogP contribution in [0.4, 0.5) is 0 Å². The molecule has 0 aliphatic heterocycles. The van der Waals surface area contributed by atoms with Gasteiger partial charge >= 0.3 is 5.97 Å². The number of nitrogens with one attached hydrogen (secondary N) is 2. The second-order valence-electron chi connectivity index (χ2n) is 4.85. The summed E-state index contributed by atoms with van der Waals surface area (Å²) in [5.41, 5.74) is 2.53. The predicted octanol–water partition coefficient (Wildman–Crippen LogP) is 0.249. The van der Waals surface area contributed by atoms with E-state index in [1.165, 1.54) is 7.11 Å². The molecule has 0 aliphatic rings. The van der Waals surface area contributed by atoms with Crippen molar-refractivity contribution in [3.05, 3.63) is 34.9 Å². The molecule has 1 aromatic rings. The summed E-state index contributed by atoms with van der Waals surface area (Å²) in [4.78, 5) is 34.2. The maximum atomic E-state index is 11.9. The summed E-state index contributed by atoms with van der Waals surface area (Å²) in [5.74, 6) is -2.01. The number of methoxy groups -OCH3 is 1. The van der Waals surface area contributed by atoms with Crippen molar-refractivity contribution >= 4 is 17.8 Å². The van der Waals surface area contributed by atoms with E-state index < -0.39 is 18.0 Å². The monoisotopic (exact) mass is 308 g/mol. The molecule has 0 spiro atoms. The zero-order chi connectivity index (χ0) is 16.7. The van der Waals surface area contributed by atoms with E-state index in [1.807, 2.05) is 19.9 Å². The smallest absolute Gasteiger partial charge is 0.334 e. The lowest BCUT2D eigenvalue weighted by Crippen LogP contribution is -2.42. The van der Waals surface area contributed by atoms with Crippen molar-refractivity contribution < 1.29 is 24.2 Å². The SMILES string of the molecule is COC(CNC(=O)CNC(=O)c1ccc(C)c(C)c1)C(=O)O. The van der Waals surface area contributed by atoms with Crippen molar-refractivity contribution in [2.45, 2.75) is 20.0 Å². The fraction of sp³-hybridized carbons (Fsp3) is 0.400. The summed E-state index contributed by atoms with van der Waals surface area (Å²) in [5, 5.41) is 13.6. The molecule has 0 aromatic heterocycles. The average molecular weight is 308 g/mol. The van der Waals surface area contributed by atoms with Crippen molar-refractivity contribution in [2.75, 3.05) is 20.2 Å². The van der Waals surface area contributed by atoms with Gasteiger partial charge in [-0.3, -0.25) is 9.59 Å². The van der Waals surface area contributed by atoms with Crippen LogP contribution in [0.2, 0.25) is 0 Å². The van der Waals surface area contributed by atoms with Gasteiger partial charge in [-0.05, 0) is 37.1 Å². The fourth-order valence-corrected chi connectivity index (χ4v) is 1.69. The molecule has 7 nitrogen and oxygen atoms in total. The van der Waals surface area contributed by atoms with Crippen LogP contribution in [-0.4, -0.2) is 49.2 Å². The molecule has 2 amide bonds. The van der Waals surface area contributed by atoms with E-state index in [0.29, 0.717) is 5.56 Å². The Morgan fingerprint density at radius 3 is 2.41 bits per heavy atom. The number of benzene rings is 1. The highest BCUT2D eigenvalue weighted by Gasteiger charge is 2.17. The number of hydrogen-bond acceptors (Lipinski definition) is 4. The zero-order valence-electron chi connectivity index (χ0n) is 12.8. The van der Waals surface area contributed by atoms with Crippen molar-refractivity contribution in [1.82, 2.24) is 10.6 Å². The number of carbonyl (C=O) groups excluding carboxylic acids is 2. The minimum Gasteiger partial charge on any atom is -0.479 e. The van der Waals surface area contributed by atoms with Gasteiger partial charge in [0.1, 0.15) is 0 Å². The number of aryl methyl sites for hydroxylation is 2. The Labute approximate surface area is 128 Å². The molecule has 0 aliphatic carbocycles. The number of hydrogen-bond donors (Lipinski definition) is 3. The maximum absolute atomic E-state index is 11.9. The third-order valence-corrected chi connectivity index (χ3v) is 3.22. The standard InChI is InChI=1S/C15H20N2O5/c1-9-4-5-11(6-10(9)2)14(19)17-8-13(18)16-7-12(22-3)15(20)21/h4-6,12H,7-8H2,1-3H3,(H,16,18)(H,17,19)(H,20,21). The molecule has 1 aromatic carbocycles. The van der Waals surface area contributed by atoms with Crippen LogP contribution in [0.15, 0.2) is 18.2 Å². The van der Waals surface area contributed by atoms with E-state index in [0.717, 1.165) is 11.1 Å². The van der Waals surface area contributed by atoms with E-state index in [-0.39, 0.29) is 19.0 Å². The highest BCUT2D eigenvalue weighted by molar-refractivity contribution is 5.96. The average Bonchev–Trinajstić information content (AvgIpc) is 2.47. The number of carboxylic acids is 1. The molecule has 0 saturated heterocycles. The van der Waals surface area contributed by atoms with E-state index in [2.05, 4.69) is 15.4 Å². The molecule has 0 radical (unpaired) electrons. The molecule has 7 heteroatoms. The van der Waals surface area contributed by atoms with E-state index in [9.17, 15) is 14.4 Å². The van der Waals surface area contributed by atoms with Crippen LogP contribution in [0.25, 0.3) is 0 Å². The summed E-state index contributed by atoms with van der Waals surface area (Å²) in [7, 11) is 1.24. The van der Waals surface area contributed by atoms with Gasteiger partial charge in [0.25, 0.3) is 5.91 Å². The summed E-state index contributed by atoms with van der Waals surface area (Å²) < 4.78 is 4.68. The number of aliphatic carboxylic acids is 1. The van der Waals surface area contributed by atoms with Gasteiger partial charge in [0.15, 0.2) is 6.10 Å². The number of amides is 2. The first kappa shape index (κ1) is 17.6. The quantitative estimate of drug-likeness (QED) is 0.669. The van der Waals surface area contributed by atoms with E-state index in [4.69, 9.17) is 5.11 Å². The molecular weight excluding hydrogens is 288 g/mol. The molecule has 1 atom stereocenters. The Morgan fingerprint density at radius 1 is 1.18 bits per heavy atom. The van der Waals surface area contributed by atoms with Crippen molar-refractivity contribution in [3.8, 4) is 0 Å². The molecule has 0 heterocycles. The van der Waals surface area contributed by atoms with Gasteiger partial charge in [-0.1, -0.05) is 6.07 Å². The first-order valence-electron chi connectivity index (χ1n) is 6.73. The lowest BCUT2D eigenvalue weighted by Gasteiger charge is -2.12. The molecule has 0 bridgehead atoms. The highest BCUT2D eigenvalue weighted by atomic mass is 16.5. The van der Waals surface area contributed by atoms with Crippen molar-refractivity contribution in [1.29, 1.82) is 0 Å². The number of rotatable bonds is 7. The van der Waals surface area contributed by atoms with Crippen LogP contribution >= 0.6 is 0 Å². The van der Waals surface area contributed by atoms with Crippen LogP contribution in [0.1, 0.15) is 21.5 Å². The van der Waals surface area contributed by atoms with Gasteiger partial charge in [-0.15, -0.1) is 0 Å². The van der Waals surface area contributed by atoms with Gasteiger partial charge < -0.3 is 20.5 Å².